The van der Waals surface area contributed by atoms with Crippen molar-refractivity contribution < 1.29 is 4.79 Å². The third-order valence-electron chi connectivity index (χ3n) is 3.83. The average molecular weight is 225 g/mol. The molecule has 2 unspecified atom stereocenters. The Morgan fingerprint density at radius 3 is 3.06 bits per heavy atom. The van der Waals surface area contributed by atoms with Crippen LogP contribution in [0.4, 0.5) is 0 Å². The molecule has 2 aliphatic rings. The van der Waals surface area contributed by atoms with E-state index in [0.29, 0.717) is 18.5 Å². The number of nitrogens with zero attached hydrogens (tertiary/aromatic N) is 1. The first kappa shape index (κ1) is 11.9. The first-order valence-electron chi connectivity index (χ1n) is 6.47. The highest BCUT2D eigenvalue weighted by Gasteiger charge is 2.27. The molecule has 2 N–H and O–H groups in total. The smallest absolute Gasteiger partial charge is 0.221 e. The molecule has 2 heterocycles. The minimum absolute atomic E-state index is 0.231. The van der Waals surface area contributed by atoms with Gasteiger partial charge in [0.1, 0.15) is 0 Å². The van der Waals surface area contributed by atoms with E-state index in [4.69, 9.17) is 0 Å². The van der Waals surface area contributed by atoms with E-state index in [2.05, 4.69) is 15.5 Å². The summed E-state index contributed by atoms with van der Waals surface area (Å²) in [6.07, 6.45) is 5.50. The van der Waals surface area contributed by atoms with E-state index < -0.39 is 0 Å². The van der Waals surface area contributed by atoms with E-state index in [9.17, 15) is 4.79 Å². The highest BCUT2D eigenvalue weighted by atomic mass is 16.1. The molecule has 0 radical (unpaired) electrons. The zero-order valence-electron chi connectivity index (χ0n) is 10.2. The molecule has 4 nitrogen and oxygen atoms in total. The van der Waals surface area contributed by atoms with Crippen LogP contribution < -0.4 is 10.6 Å². The fraction of sp³-hybridized carbons (Fsp3) is 0.917. The lowest BCUT2D eigenvalue weighted by molar-refractivity contribution is -0.121. The number of amides is 1. The summed E-state index contributed by atoms with van der Waals surface area (Å²) in [6, 6.07) is 1.08. The van der Waals surface area contributed by atoms with E-state index >= 15 is 0 Å². The van der Waals surface area contributed by atoms with Crippen LogP contribution in [0.25, 0.3) is 0 Å². The molecular formula is C12H23N3O. The number of likely N-dealkylation sites (tertiary alicyclic amines) is 1. The van der Waals surface area contributed by atoms with Crippen molar-refractivity contribution in [1.82, 2.24) is 15.5 Å². The Morgan fingerprint density at radius 2 is 2.25 bits per heavy atom. The Labute approximate surface area is 97.8 Å². The van der Waals surface area contributed by atoms with Crippen molar-refractivity contribution in [1.29, 1.82) is 0 Å². The highest BCUT2D eigenvalue weighted by molar-refractivity contribution is 5.76. The molecule has 0 aromatic carbocycles. The lowest BCUT2D eigenvalue weighted by Crippen LogP contribution is -2.49. The molecule has 2 aliphatic heterocycles. The predicted molar refractivity (Wildman–Crippen MR) is 64.3 cm³/mol. The second-order valence-electron chi connectivity index (χ2n) is 4.97. The summed E-state index contributed by atoms with van der Waals surface area (Å²) in [5.41, 5.74) is 0. The quantitative estimate of drug-likeness (QED) is 0.712. The summed E-state index contributed by atoms with van der Waals surface area (Å²) in [5.74, 6) is 0.231. The Kier molecular flexibility index (Phi) is 4.18. The van der Waals surface area contributed by atoms with E-state index in [-0.39, 0.29) is 5.91 Å². The largest absolute Gasteiger partial charge is 0.356 e. The van der Waals surface area contributed by atoms with E-state index in [1.54, 1.807) is 0 Å². The molecule has 0 aromatic heterocycles. The Bertz CT molecular complexity index is 244. The summed E-state index contributed by atoms with van der Waals surface area (Å²) < 4.78 is 0. The third-order valence-corrected chi connectivity index (χ3v) is 3.83. The molecule has 1 amide bonds. The Balaban J connectivity index is 1.91. The van der Waals surface area contributed by atoms with Crippen molar-refractivity contribution >= 4 is 5.91 Å². The molecule has 2 rings (SSSR count). The molecule has 2 fully saturated rings. The second-order valence-corrected chi connectivity index (χ2v) is 4.97. The lowest BCUT2D eigenvalue weighted by Gasteiger charge is -2.37. The summed E-state index contributed by atoms with van der Waals surface area (Å²) in [4.78, 5) is 14.0. The Morgan fingerprint density at radius 1 is 1.38 bits per heavy atom. The SMILES string of the molecule is CNC1CCCN(C2CCCNC(=O)C2)C1. The molecule has 4 heteroatoms. The maximum atomic E-state index is 11.5. The fourth-order valence-electron chi connectivity index (χ4n) is 2.84. The van der Waals surface area contributed by atoms with Crippen molar-refractivity contribution in [2.24, 2.45) is 0 Å². The standard InChI is InChI=1S/C12H23N3O/c1-13-10-4-3-7-15(9-10)11-5-2-6-14-12(16)8-11/h10-11,13H,2-9H2,1H3,(H,14,16). The average Bonchev–Trinajstić information content (AvgIpc) is 2.54. The number of carbonyl (C=O) groups excluding carboxylic acids is 1. The summed E-state index contributed by atoms with van der Waals surface area (Å²) in [7, 11) is 2.04. The monoisotopic (exact) mass is 225 g/mol. The van der Waals surface area contributed by atoms with Crippen LogP contribution >= 0.6 is 0 Å². The van der Waals surface area contributed by atoms with Gasteiger partial charge in [-0.3, -0.25) is 9.69 Å². The number of likely N-dealkylation sites (N-methyl/N-ethyl adjacent to an activating group) is 1. The van der Waals surface area contributed by atoms with E-state index in [1.807, 2.05) is 7.05 Å². The highest BCUT2D eigenvalue weighted by Crippen LogP contribution is 2.19. The van der Waals surface area contributed by atoms with E-state index in [1.165, 1.54) is 12.8 Å². The maximum absolute atomic E-state index is 11.5. The van der Waals surface area contributed by atoms with Crippen LogP contribution in [0.2, 0.25) is 0 Å². The summed E-state index contributed by atoms with van der Waals surface area (Å²) >= 11 is 0. The van der Waals surface area contributed by atoms with Gasteiger partial charge in [0.25, 0.3) is 0 Å². The molecule has 0 spiro atoms. The topological polar surface area (TPSA) is 44.4 Å². The predicted octanol–water partition coefficient (Wildman–Crippen LogP) is 0.339. The van der Waals surface area contributed by atoms with Gasteiger partial charge in [-0.2, -0.15) is 0 Å². The molecule has 0 saturated carbocycles. The second kappa shape index (κ2) is 5.64. The van der Waals surface area contributed by atoms with Crippen LogP contribution in [0.5, 0.6) is 0 Å². The van der Waals surface area contributed by atoms with Crippen LogP contribution in [-0.2, 0) is 4.79 Å². The Hall–Kier alpha value is -0.610. The molecule has 2 atom stereocenters. The van der Waals surface area contributed by atoms with Gasteiger partial charge in [-0.25, -0.2) is 0 Å². The summed E-state index contributed by atoms with van der Waals surface area (Å²) in [6.45, 7) is 3.13. The van der Waals surface area contributed by atoms with Gasteiger partial charge in [-0.05, 0) is 39.3 Å². The van der Waals surface area contributed by atoms with Crippen LogP contribution in [0, 0.1) is 0 Å². The molecule has 16 heavy (non-hydrogen) atoms. The van der Waals surface area contributed by atoms with Gasteiger partial charge in [0.2, 0.25) is 5.91 Å². The zero-order chi connectivity index (χ0) is 11.4. The van der Waals surface area contributed by atoms with Crippen molar-refractivity contribution in [3.8, 4) is 0 Å². The van der Waals surface area contributed by atoms with Crippen molar-refractivity contribution in [3.63, 3.8) is 0 Å². The van der Waals surface area contributed by atoms with Gasteiger partial charge in [0.15, 0.2) is 0 Å². The van der Waals surface area contributed by atoms with Crippen LogP contribution in [0.1, 0.15) is 32.1 Å². The van der Waals surface area contributed by atoms with Crippen molar-refractivity contribution in [3.05, 3.63) is 0 Å². The zero-order valence-corrected chi connectivity index (χ0v) is 10.2. The number of hydrogen-bond donors (Lipinski definition) is 2. The number of rotatable bonds is 2. The molecule has 0 aromatic rings. The van der Waals surface area contributed by atoms with Crippen LogP contribution in [-0.4, -0.2) is 49.6 Å². The van der Waals surface area contributed by atoms with Crippen molar-refractivity contribution in [2.45, 2.75) is 44.2 Å². The molecular weight excluding hydrogens is 202 g/mol. The minimum atomic E-state index is 0.231. The molecule has 0 bridgehead atoms. The van der Waals surface area contributed by atoms with E-state index in [0.717, 1.165) is 32.5 Å². The number of carbonyl (C=O) groups is 1. The third kappa shape index (κ3) is 2.95. The first-order valence-corrected chi connectivity index (χ1v) is 6.47. The fourth-order valence-corrected chi connectivity index (χ4v) is 2.84. The van der Waals surface area contributed by atoms with Gasteiger partial charge in [-0.15, -0.1) is 0 Å². The van der Waals surface area contributed by atoms with Crippen molar-refractivity contribution in [2.75, 3.05) is 26.7 Å². The van der Waals surface area contributed by atoms with Gasteiger partial charge in [0.05, 0.1) is 0 Å². The van der Waals surface area contributed by atoms with Crippen LogP contribution in [0.15, 0.2) is 0 Å². The number of nitrogens with one attached hydrogen (secondary N) is 2. The minimum Gasteiger partial charge on any atom is -0.356 e. The summed E-state index contributed by atoms with van der Waals surface area (Å²) in [5, 5.41) is 6.32. The van der Waals surface area contributed by atoms with Gasteiger partial charge in [0, 0.05) is 31.6 Å². The first-order chi connectivity index (χ1) is 7.79. The van der Waals surface area contributed by atoms with Gasteiger partial charge >= 0.3 is 0 Å². The molecule has 0 aliphatic carbocycles. The van der Waals surface area contributed by atoms with Gasteiger partial charge < -0.3 is 10.6 Å². The number of piperidine rings is 1. The number of hydrogen-bond acceptors (Lipinski definition) is 3. The lowest BCUT2D eigenvalue weighted by atomic mass is 10.00. The molecule has 92 valence electrons. The normalized spacial score (nSPS) is 33.2. The molecule has 2 saturated heterocycles. The van der Waals surface area contributed by atoms with Gasteiger partial charge in [-0.1, -0.05) is 0 Å². The maximum Gasteiger partial charge on any atom is 0.221 e. The van der Waals surface area contributed by atoms with Crippen LogP contribution in [0.3, 0.4) is 0 Å².